The lowest BCUT2D eigenvalue weighted by atomic mass is 9.99. The van der Waals surface area contributed by atoms with Crippen molar-refractivity contribution in [3.63, 3.8) is 0 Å². The third kappa shape index (κ3) is 4.26. The first-order valence-electron chi connectivity index (χ1n) is 8.94. The zero-order valence-corrected chi connectivity index (χ0v) is 15.3. The topological polar surface area (TPSA) is 63.7 Å². The third-order valence-electron chi connectivity index (χ3n) is 4.79. The molecule has 1 aromatic rings. The van der Waals surface area contributed by atoms with Crippen molar-refractivity contribution in [3.05, 3.63) is 11.1 Å². The summed E-state index contributed by atoms with van der Waals surface area (Å²) >= 11 is 1.59. The molecule has 2 atom stereocenters. The molecule has 2 fully saturated rings. The molecule has 2 amide bonds. The second-order valence-electron chi connectivity index (χ2n) is 6.49. The van der Waals surface area contributed by atoms with Gasteiger partial charge < -0.3 is 14.4 Å². The van der Waals surface area contributed by atoms with Gasteiger partial charge in [-0.3, -0.25) is 5.32 Å². The van der Waals surface area contributed by atoms with Crippen molar-refractivity contribution in [1.82, 2.24) is 9.88 Å². The number of hydrogen-bond donors (Lipinski definition) is 1. The Hall–Kier alpha value is -1.18. The van der Waals surface area contributed by atoms with Crippen molar-refractivity contribution in [3.8, 4) is 0 Å². The number of urea groups is 1. The molecule has 7 heteroatoms. The molecule has 1 N–H and O–H groups in total. The molecule has 134 valence electrons. The molecule has 0 saturated carbocycles. The van der Waals surface area contributed by atoms with Crippen molar-refractivity contribution in [2.45, 2.75) is 57.7 Å². The van der Waals surface area contributed by atoms with Crippen LogP contribution in [0.4, 0.5) is 9.93 Å². The molecule has 0 radical (unpaired) electrons. The van der Waals surface area contributed by atoms with E-state index in [2.05, 4.69) is 24.1 Å². The minimum atomic E-state index is -0.0666. The highest BCUT2D eigenvalue weighted by molar-refractivity contribution is 7.15. The Balaban J connectivity index is 1.58. The lowest BCUT2D eigenvalue weighted by molar-refractivity contribution is -0.0729. The number of nitrogens with one attached hydrogen (secondary N) is 1. The van der Waals surface area contributed by atoms with Crippen molar-refractivity contribution in [2.24, 2.45) is 0 Å². The summed E-state index contributed by atoms with van der Waals surface area (Å²) in [5.41, 5.74) is 0. The Kier molecular flexibility index (Phi) is 6.08. The number of nitrogens with zero attached hydrogens (tertiary/aromatic N) is 2. The lowest BCUT2D eigenvalue weighted by Gasteiger charge is -2.37. The van der Waals surface area contributed by atoms with Crippen LogP contribution in [0.25, 0.3) is 0 Å². The van der Waals surface area contributed by atoms with Crippen molar-refractivity contribution < 1.29 is 14.3 Å². The molecular formula is C17H27N3O3S. The second-order valence-corrected chi connectivity index (χ2v) is 7.55. The second kappa shape index (κ2) is 8.27. The van der Waals surface area contributed by atoms with Crippen molar-refractivity contribution >= 4 is 22.5 Å². The van der Waals surface area contributed by atoms with E-state index in [0.717, 1.165) is 38.9 Å². The van der Waals surface area contributed by atoms with Crippen LogP contribution in [0.5, 0.6) is 0 Å². The molecule has 6 nitrogen and oxygen atoms in total. The predicted octanol–water partition coefficient (Wildman–Crippen LogP) is 3.46. The Morgan fingerprint density at radius 3 is 2.58 bits per heavy atom. The summed E-state index contributed by atoms with van der Waals surface area (Å²) in [7, 11) is 0. The zero-order valence-electron chi connectivity index (χ0n) is 14.5. The monoisotopic (exact) mass is 353 g/mol. The average molecular weight is 353 g/mol. The normalized spacial score (nSPS) is 25.7. The highest BCUT2D eigenvalue weighted by Crippen LogP contribution is 2.32. The fraction of sp³-hybridized carbons (Fsp3) is 0.765. The van der Waals surface area contributed by atoms with E-state index in [0.29, 0.717) is 24.1 Å². The van der Waals surface area contributed by atoms with Gasteiger partial charge >= 0.3 is 6.03 Å². The lowest BCUT2D eigenvalue weighted by Crippen LogP contribution is -2.51. The third-order valence-corrected chi connectivity index (χ3v) is 5.87. The van der Waals surface area contributed by atoms with E-state index in [4.69, 9.17) is 9.47 Å². The number of morpholine rings is 1. The van der Waals surface area contributed by atoms with E-state index in [1.165, 1.54) is 4.88 Å². The Labute approximate surface area is 147 Å². The number of thiazole rings is 1. The van der Waals surface area contributed by atoms with Crippen LogP contribution in [-0.2, 0) is 9.47 Å². The number of hydrogen-bond acceptors (Lipinski definition) is 5. The summed E-state index contributed by atoms with van der Waals surface area (Å²) < 4.78 is 11.4. The molecule has 2 aliphatic rings. The van der Waals surface area contributed by atoms with Gasteiger partial charge in [0.1, 0.15) is 0 Å². The van der Waals surface area contributed by atoms with E-state index < -0.39 is 0 Å². The SMILES string of the molecule is CCC1CN(C(=O)Nc2ncc(C3CCOCC3)s2)CC(CC)O1. The van der Waals surface area contributed by atoms with E-state index in [-0.39, 0.29) is 18.2 Å². The summed E-state index contributed by atoms with van der Waals surface area (Å²) in [5.74, 6) is 0.513. The smallest absolute Gasteiger partial charge is 0.323 e. The van der Waals surface area contributed by atoms with Gasteiger partial charge in [-0.25, -0.2) is 9.78 Å². The first kappa shape index (κ1) is 17.6. The first-order chi connectivity index (χ1) is 11.7. The van der Waals surface area contributed by atoms with E-state index in [9.17, 15) is 4.79 Å². The van der Waals surface area contributed by atoms with Gasteiger partial charge in [-0.1, -0.05) is 13.8 Å². The molecule has 0 bridgehead atoms. The molecule has 0 aliphatic carbocycles. The summed E-state index contributed by atoms with van der Waals surface area (Å²) in [6.07, 6.45) is 6.08. The molecule has 2 unspecified atom stereocenters. The Morgan fingerprint density at radius 2 is 1.96 bits per heavy atom. The average Bonchev–Trinajstić information content (AvgIpc) is 3.10. The standard InChI is InChI=1S/C17H27N3O3S/c1-3-13-10-20(11-14(4-2)23-13)17(21)19-16-18-9-15(24-16)12-5-7-22-8-6-12/h9,12-14H,3-8,10-11H2,1-2H3,(H,18,19,21). The molecule has 2 saturated heterocycles. The number of rotatable bonds is 4. The number of aromatic nitrogens is 1. The molecule has 3 heterocycles. The molecule has 0 spiro atoms. The van der Waals surface area contributed by atoms with Crippen LogP contribution in [0.3, 0.4) is 0 Å². The number of amides is 2. The molecule has 2 aliphatic heterocycles. The van der Waals surface area contributed by atoms with Crippen LogP contribution < -0.4 is 5.32 Å². The van der Waals surface area contributed by atoms with Crippen LogP contribution in [0, 0.1) is 0 Å². The molecule has 3 rings (SSSR count). The number of carbonyl (C=O) groups excluding carboxylic acids is 1. The van der Waals surface area contributed by atoms with Gasteiger partial charge in [0.05, 0.1) is 12.2 Å². The van der Waals surface area contributed by atoms with Gasteiger partial charge in [-0.15, -0.1) is 11.3 Å². The van der Waals surface area contributed by atoms with Crippen LogP contribution >= 0.6 is 11.3 Å². The highest BCUT2D eigenvalue weighted by atomic mass is 32.1. The van der Waals surface area contributed by atoms with Crippen molar-refractivity contribution in [1.29, 1.82) is 0 Å². The maximum absolute atomic E-state index is 12.6. The van der Waals surface area contributed by atoms with Gasteiger partial charge in [0, 0.05) is 37.4 Å². The minimum absolute atomic E-state index is 0.0666. The molecule has 1 aromatic heterocycles. The van der Waals surface area contributed by atoms with Crippen LogP contribution in [0.1, 0.15) is 50.3 Å². The van der Waals surface area contributed by atoms with Gasteiger partial charge in [0.15, 0.2) is 5.13 Å². The predicted molar refractivity (Wildman–Crippen MR) is 94.7 cm³/mol. The summed E-state index contributed by atoms with van der Waals surface area (Å²) in [6, 6.07) is -0.0666. The van der Waals surface area contributed by atoms with Gasteiger partial charge in [-0.05, 0) is 31.6 Å². The Bertz CT molecular complexity index is 533. The number of carbonyl (C=O) groups is 1. The first-order valence-corrected chi connectivity index (χ1v) is 9.76. The van der Waals surface area contributed by atoms with E-state index in [1.54, 1.807) is 11.3 Å². The summed E-state index contributed by atoms with van der Waals surface area (Å²) in [6.45, 7) is 7.12. The number of ether oxygens (including phenoxy) is 2. The van der Waals surface area contributed by atoms with Gasteiger partial charge in [0.2, 0.25) is 0 Å². The van der Waals surface area contributed by atoms with Crippen LogP contribution in [-0.4, -0.2) is 54.4 Å². The zero-order chi connectivity index (χ0) is 16.9. The highest BCUT2D eigenvalue weighted by Gasteiger charge is 2.29. The van der Waals surface area contributed by atoms with E-state index in [1.807, 2.05) is 11.1 Å². The molecule has 24 heavy (non-hydrogen) atoms. The fourth-order valence-electron chi connectivity index (χ4n) is 3.23. The van der Waals surface area contributed by atoms with E-state index >= 15 is 0 Å². The summed E-state index contributed by atoms with van der Waals surface area (Å²) in [5, 5.41) is 3.66. The van der Waals surface area contributed by atoms with Gasteiger partial charge in [-0.2, -0.15) is 0 Å². The molecular weight excluding hydrogens is 326 g/mol. The number of anilines is 1. The minimum Gasteiger partial charge on any atom is -0.381 e. The largest absolute Gasteiger partial charge is 0.381 e. The Morgan fingerprint density at radius 1 is 1.29 bits per heavy atom. The maximum Gasteiger partial charge on any atom is 0.323 e. The van der Waals surface area contributed by atoms with Gasteiger partial charge in [0.25, 0.3) is 0 Å². The summed E-state index contributed by atoms with van der Waals surface area (Å²) in [4.78, 5) is 20.1. The molecule has 0 aromatic carbocycles. The maximum atomic E-state index is 12.6. The fourth-order valence-corrected chi connectivity index (χ4v) is 4.20. The van der Waals surface area contributed by atoms with Crippen LogP contribution in [0.2, 0.25) is 0 Å². The van der Waals surface area contributed by atoms with Crippen molar-refractivity contribution in [2.75, 3.05) is 31.6 Å². The van der Waals surface area contributed by atoms with Crippen LogP contribution in [0.15, 0.2) is 6.20 Å². The quantitative estimate of drug-likeness (QED) is 0.900.